The Kier molecular flexibility index (Phi) is 7.06. The average Bonchev–Trinajstić information content (AvgIpc) is 2.95. The molecular formula is C32H28N4O. The molecular weight excluding hydrogens is 456 g/mol. The lowest BCUT2D eigenvalue weighted by Gasteiger charge is -2.11. The van der Waals surface area contributed by atoms with Crippen LogP contribution in [0.4, 0.5) is 11.4 Å². The molecule has 0 aliphatic carbocycles. The molecule has 0 aliphatic rings. The van der Waals surface area contributed by atoms with Crippen molar-refractivity contribution in [3.63, 3.8) is 0 Å². The number of fused-ring (bicyclic) bond motifs is 2. The second-order valence-corrected chi connectivity index (χ2v) is 8.85. The maximum absolute atomic E-state index is 4.44. The summed E-state index contributed by atoms with van der Waals surface area (Å²) in [6, 6.07) is 38.0. The van der Waals surface area contributed by atoms with E-state index in [0.29, 0.717) is 0 Å². The molecule has 4 aromatic carbocycles. The van der Waals surface area contributed by atoms with E-state index < -0.39 is 0 Å². The highest BCUT2D eigenvalue weighted by Crippen LogP contribution is 2.25. The Morgan fingerprint density at radius 3 is 1.30 bits per heavy atom. The fourth-order valence-corrected chi connectivity index (χ4v) is 4.52. The van der Waals surface area contributed by atoms with Gasteiger partial charge in [-0.25, -0.2) is 0 Å². The van der Waals surface area contributed by atoms with Crippen LogP contribution in [0.5, 0.6) is 0 Å². The van der Waals surface area contributed by atoms with Gasteiger partial charge in [-0.1, -0.05) is 84.9 Å². The Hall–Kier alpha value is -4.74. The minimum absolute atomic E-state index is 0. The van der Waals surface area contributed by atoms with Crippen LogP contribution in [0.3, 0.4) is 0 Å². The topological polar surface area (TPSA) is 81.3 Å². The van der Waals surface area contributed by atoms with Crippen molar-refractivity contribution in [1.82, 2.24) is 9.97 Å². The van der Waals surface area contributed by atoms with Crippen LogP contribution in [0.2, 0.25) is 0 Å². The summed E-state index contributed by atoms with van der Waals surface area (Å²) in [5.74, 6) is 0. The second-order valence-electron chi connectivity index (χ2n) is 8.85. The van der Waals surface area contributed by atoms with Crippen LogP contribution in [0, 0.1) is 0 Å². The molecule has 5 heteroatoms. The van der Waals surface area contributed by atoms with Gasteiger partial charge < -0.3 is 16.1 Å². The molecule has 0 saturated heterocycles. The normalized spacial score (nSPS) is 10.7. The van der Waals surface area contributed by atoms with Crippen LogP contribution >= 0.6 is 0 Å². The minimum Gasteiger partial charge on any atom is -0.412 e. The maximum atomic E-state index is 4.44. The molecule has 0 amide bonds. The largest absolute Gasteiger partial charge is 0.412 e. The zero-order valence-corrected chi connectivity index (χ0v) is 20.4. The number of para-hydroxylation sites is 2. The molecule has 2 aromatic heterocycles. The van der Waals surface area contributed by atoms with Crippen molar-refractivity contribution in [3.05, 3.63) is 133 Å². The number of hydrogen-bond donors (Lipinski definition) is 2. The van der Waals surface area contributed by atoms with E-state index in [4.69, 9.17) is 0 Å². The number of hydrogen-bond acceptors (Lipinski definition) is 4. The predicted octanol–water partition coefficient (Wildman–Crippen LogP) is 6.85. The summed E-state index contributed by atoms with van der Waals surface area (Å²) in [4.78, 5) is 8.88. The van der Waals surface area contributed by atoms with Gasteiger partial charge in [0.05, 0.1) is 11.0 Å². The third kappa shape index (κ3) is 5.27. The van der Waals surface area contributed by atoms with Gasteiger partial charge in [-0.2, -0.15) is 0 Å². The maximum Gasteiger partial charge on any atom is 0.0722 e. The first-order valence-corrected chi connectivity index (χ1v) is 12.2. The number of benzene rings is 4. The summed E-state index contributed by atoms with van der Waals surface area (Å²) in [5, 5.41) is 9.40. The monoisotopic (exact) mass is 484 g/mol. The van der Waals surface area contributed by atoms with Crippen LogP contribution in [0.25, 0.3) is 32.9 Å². The number of aromatic nitrogens is 2. The van der Waals surface area contributed by atoms with Gasteiger partial charge in [-0.3, -0.25) is 9.97 Å². The van der Waals surface area contributed by atoms with Gasteiger partial charge in [0.2, 0.25) is 0 Å². The van der Waals surface area contributed by atoms with Crippen molar-refractivity contribution in [1.29, 1.82) is 0 Å². The lowest BCUT2D eigenvalue weighted by molar-refractivity contribution is 0.824. The van der Waals surface area contributed by atoms with E-state index in [1.807, 2.05) is 60.9 Å². The molecule has 0 unspecified atom stereocenters. The van der Waals surface area contributed by atoms with Crippen LogP contribution in [-0.4, -0.2) is 15.4 Å². The van der Waals surface area contributed by atoms with Gasteiger partial charge in [0.25, 0.3) is 0 Å². The molecule has 2 heterocycles. The number of rotatable bonds is 7. The van der Waals surface area contributed by atoms with E-state index >= 15 is 0 Å². The third-order valence-corrected chi connectivity index (χ3v) is 6.51. The van der Waals surface area contributed by atoms with Gasteiger partial charge in [0, 0.05) is 47.6 Å². The first kappa shape index (κ1) is 24.0. The zero-order valence-electron chi connectivity index (χ0n) is 20.4. The summed E-state index contributed by atoms with van der Waals surface area (Å²) in [5.41, 5.74) is 9.13. The lowest BCUT2D eigenvalue weighted by Crippen LogP contribution is -2.00. The third-order valence-electron chi connectivity index (χ3n) is 6.51. The van der Waals surface area contributed by atoms with Gasteiger partial charge in [0.1, 0.15) is 0 Å². The molecule has 4 N–H and O–H groups in total. The molecule has 182 valence electrons. The summed E-state index contributed by atoms with van der Waals surface area (Å²) in [6.07, 6.45) is 3.71. The fraction of sp³-hybridized carbons (Fsp3) is 0.0625. The number of pyridine rings is 2. The van der Waals surface area contributed by atoms with E-state index in [1.165, 1.54) is 22.3 Å². The van der Waals surface area contributed by atoms with Crippen molar-refractivity contribution in [3.8, 4) is 11.1 Å². The van der Waals surface area contributed by atoms with Crippen molar-refractivity contribution in [2.24, 2.45) is 0 Å². The number of nitrogens with one attached hydrogen (secondary N) is 2. The highest BCUT2D eigenvalue weighted by molar-refractivity contribution is 5.91. The van der Waals surface area contributed by atoms with Crippen molar-refractivity contribution in [2.75, 3.05) is 10.6 Å². The van der Waals surface area contributed by atoms with E-state index in [2.05, 4.69) is 81.3 Å². The summed E-state index contributed by atoms with van der Waals surface area (Å²) in [6.45, 7) is 1.53. The number of anilines is 2. The van der Waals surface area contributed by atoms with Crippen molar-refractivity contribution < 1.29 is 5.48 Å². The first-order chi connectivity index (χ1) is 17.8. The predicted molar refractivity (Wildman–Crippen MR) is 154 cm³/mol. The quantitative estimate of drug-likeness (QED) is 0.260. The molecule has 5 nitrogen and oxygen atoms in total. The summed E-state index contributed by atoms with van der Waals surface area (Å²) >= 11 is 0. The van der Waals surface area contributed by atoms with Crippen LogP contribution < -0.4 is 10.6 Å². The molecule has 0 bridgehead atoms. The van der Waals surface area contributed by atoms with Gasteiger partial charge in [-0.15, -0.1) is 0 Å². The van der Waals surface area contributed by atoms with Gasteiger partial charge >= 0.3 is 0 Å². The van der Waals surface area contributed by atoms with Gasteiger partial charge in [0.15, 0.2) is 0 Å². The molecule has 6 aromatic rings. The molecule has 0 fully saturated rings. The van der Waals surface area contributed by atoms with Crippen molar-refractivity contribution >= 4 is 33.2 Å². The average molecular weight is 485 g/mol. The highest BCUT2D eigenvalue weighted by atomic mass is 16.0. The van der Waals surface area contributed by atoms with Crippen LogP contribution in [0.1, 0.15) is 11.1 Å². The van der Waals surface area contributed by atoms with E-state index in [1.54, 1.807) is 0 Å². The standard InChI is InChI=1S/C32H26N4.H2O/c1-3-7-29-27(5-1)31(17-19-33-29)35-21-23-9-13-25(14-10-23)26-15-11-24(12-16-26)22-36-32-18-20-34-30-8-4-2-6-28(30)32;/h1-20H,21-22H2,(H,33,35)(H,34,36);1H2. The Bertz CT molecular complexity index is 1490. The Balaban J connectivity index is 0.00000280. The second kappa shape index (κ2) is 10.9. The fourth-order valence-electron chi connectivity index (χ4n) is 4.52. The molecule has 0 spiro atoms. The van der Waals surface area contributed by atoms with Crippen LogP contribution in [0.15, 0.2) is 122 Å². The molecule has 0 saturated carbocycles. The van der Waals surface area contributed by atoms with E-state index in [0.717, 1.165) is 46.3 Å². The molecule has 37 heavy (non-hydrogen) atoms. The Morgan fingerprint density at radius 1 is 0.459 bits per heavy atom. The number of nitrogens with zero attached hydrogens (tertiary/aromatic N) is 2. The molecule has 0 aliphatic heterocycles. The smallest absolute Gasteiger partial charge is 0.0722 e. The highest BCUT2D eigenvalue weighted by Gasteiger charge is 2.04. The van der Waals surface area contributed by atoms with E-state index in [-0.39, 0.29) is 5.48 Å². The lowest BCUT2D eigenvalue weighted by atomic mass is 10.0. The summed E-state index contributed by atoms with van der Waals surface area (Å²) in [7, 11) is 0. The molecule has 6 rings (SSSR count). The zero-order chi connectivity index (χ0) is 24.2. The van der Waals surface area contributed by atoms with E-state index in [9.17, 15) is 0 Å². The minimum atomic E-state index is 0. The first-order valence-electron chi connectivity index (χ1n) is 12.2. The molecule has 0 radical (unpaired) electrons. The van der Waals surface area contributed by atoms with Crippen LogP contribution in [-0.2, 0) is 13.1 Å². The summed E-state index contributed by atoms with van der Waals surface area (Å²) < 4.78 is 0. The Labute approximate surface area is 216 Å². The Morgan fingerprint density at radius 2 is 0.865 bits per heavy atom. The van der Waals surface area contributed by atoms with Gasteiger partial charge in [-0.05, 0) is 46.5 Å². The van der Waals surface area contributed by atoms with Crippen molar-refractivity contribution in [2.45, 2.75) is 13.1 Å². The SMILES string of the molecule is O.c1ccc2c(NCc3ccc(-c4ccc(CNc5ccnc6ccccc56)cc4)cc3)ccnc2c1. The molecule has 0 atom stereocenters.